The zero-order chi connectivity index (χ0) is 10.7. The summed E-state index contributed by atoms with van der Waals surface area (Å²) < 4.78 is 1.39. The monoisotopic (exact) mass is 209 g/mol. The molecule has 78 valence electrons. The molecule has 0 bridgehead atoms. The molecule has 1 nitrogen and oxygen atoms in total. The quantitative estimate of drug-likeness (QED) is 0.701. The summed E-state index contributed by atoms with van der Waals surface area (Å²) in [4.78, 5) is 4.81. The normalized spacial score (nSPS) is 10.4. The maximum Gasteiger partial charge on any atom is 0.0568 e. The Morgan fingerprint density at radius 3 is 2.36 bits per heavy atom. The van der Waals surface area contributed by atoms with Gasteiger partial charge in [0, 0.05) is 10.6 Å². The second-order valence-corrected chi connectivity index (χ2v) is 4.80. The smallest absolute Gasteiger partial charge is 0.0568 e. The van der Waals surface area contributed by atoms with Crippen molar-refractivity contribution in [3.63, 3.8) is 0 Å². The fourth-order valence-electron chi connectivity index (χ4n) is 1.38. The maximum atomic E-state index is 3.43. The maximum absolute atomic E-state index is 3.43. The molecule has 1 N–H and O–H groups in total. The molecule has 0 radical (unpaired) electrons. The van der Waals surface area contributed by atoms with Gasteiger partial charge in [-0.1, -0.05) is 27.7 Å². The van der Waals surface area contributed by atoms with Gasteiger partial charge in [0.2, 0.25) is 0 Å². The topological polar surface area (TPSA) is 15.8 Å². The van der Waals surface area contributed by atoms with E-state index < -0.39 is 0 Å². The van der Waals surface area contributed by atoms with E-state index in [0.29, 0.717) is 5.92 Å². The number of fused-ring (bicyclic) bond motifs is 1. The van der Waals surface area contributed by atoms with E-state index in [1.807, 2.05) is 25.2 Å². The van der Waals surface area contributed by atoms with E-state index in [1.54, 1.807) is 0 Å². The van der Waals surface area contributed by atoms with Crippen molar-refractivity contribution in [3.05, 3.63) is 22.7 Å². The van der Waals surface area contributed by atoms with Crippen molar-refractivity contribution in [1.82, 2.24) is 4.98 Å². The van der Waals surface area contributed by atoms with Crippen LogP contribution in [-0.2, 0) is 0 Å². The largest absolute Gasteiger partial charge is 0.357 e. The molecule has 0 atom stereocenters. The molecule has 0 aliphatic rings. The van der Waals surface area contributed by atoms with Crippen molar-refractivity contribution in [2.24, 2.45) is 0 Å². The molecule has 0 spiro atoms. The lowest BCUT2D eigenvalue weighted by Crippen LogP contribution is -1.84. The van der Waals surface area contributed by atoms with Gasteiger partial charge in [0.1, 0.15) is 0 Å². The van der Waals surface area contributed by atoms with Crippen molar-refractivity contribution in [1.29, 1.82) is 0 Å². The summed E-state index contributed by atoms with van der Waals surface area (Å²) in [5, 5.41) is 0. The third kappa shape index (κ3) is 2.18. The number of hydrogen-bond acceptors (Lipinski definition) is 1. The van der Waals surface area contributed by atoms with Crippen LogP contribution in [0.2, 0.25) is 0 Å². The van der Waals surface area contributed by atoms with E-state index in [1.165, 1.54) is 20.8 Å². The minimum absolute atomic E-state index is 0.602. The van der Waals surface area contributed by atoms with Gasteiger partial charge in [-0.15, -0.1) is 11.3 Å². The summed E-state index contributed by atoms with van der Waals surface area (Å²) in [6.07, 6.45) is 0. The highest BCUT2D eigenvalue weighted by atomic mass is 32.1. The van der Waals surface area contributed by atoms with Gasteiger partial charge in [-0.05, 0) is 25.0 Å². The minimum atomic E-state index is 0.602. The number of nitrogens with one attached hydrogen (secondary N) is 1. The first-order chi connectivity index (χ1) is 6.66. The minimum Gasteiger partial charge on any atom is -0.357 e. The Kier molecular flexibility index (Phi) is 3.76. The summed E-state index contributed by atoms with van der Waals surface area (Å²) >= 11 is 1.86. The molecule has 0 unspecified atom stereocenters. The standard InChI is InChI=1S/C10H13NS.C2H6/c1-6(2)8-5-10-9(11-8)4-7(3)12-10;1-2/h4-6,11H,1-3H3;1-2H3. The number of thiophene rings is 1. The Hall–Kier alpha value is -0.760. The highest BCUT2D eigenvalue weighted by Crippen LogP contribution is 2.27. The number of aromatic amines is 1. The molecule has 0 aliphatic heterocycles. The van der Waals surface area contributed by atoms with Gasteiger partial charge < -0.3 is 4.98 Å². The van der Waals surface area contributed by atoms with Gasteiger partial charge in [-0.3, -0.25) is 0 Å². The van der Waals surface area contributed by atoms with Gasteiger partial charge in [0.15, 0.2) is 0 Å². The van der Waals surface area contributed by atoms with E-state index in [4.69, 9.17) is 0 Å². The summed E-state index contributed by atoms with van der Waals surface area (Å²) in [5.41, 5.74) is 2.64. The molecule has 14 heavy (non-hydrogen) atoms. The average molecular weight is 209 g/mol. The summed E-state index contributed by atoms with van der Waals surface area (Å²) in [6, 6.07) is 4.48. The van der Waals surface area contributed by atoms with Crippen LogP contribution in [-0.4, -0.2) is 4.98 Å². The molecule has 0 saturated carbocycles. The van der Waals surface area contributed by atoms with Crippen molar-refractivity contribution in [2.75, 3.05) is 0 Å². The van der Waals surface area contributed by atoms with Crippen LogP contribution in [0.15, 0.2) is 12.1 Å². The molecule has 2 rings (SSSR count). The fourth-order valence-corrected chi connectivity index (χ4v) is 2.31. The van der Waals surface area contributed by atoms with Crippen molar-refractivity contribution in [3.8, 4) is 0 Å². The Bertz CT molecular complexity index is 364. The average Bonchev–Trinajstić information content (AvgIpc) is 2.64. The molecular formula is C12H19NS. The summed E-state index contributed by atoms with van der Waals surface area (Å²) in [7, 11) is 0. The Labute approximate surface area is 90.2 Å². The van der Waals surface area contributed by atoms with Crippen LogP contribution in [0.4, 0.5) is 0 Å². The lowest BCUT2D eigenvalue weighted by molar-refractivity contribution is 0.836. The molecule has 0 saturated heterocycles. The predicted octanol–water partition coefficient (Wildman–Crippen LogP) is 4.69. The molecular weight excluding hydrogens is 190 g/mol. The molecule has 0 aliphatic carbocycles. The lowest BCUT2D eigenvalue weighted by Gasteiger charge is -1.98. The zero-order valence-corrected chi connectivity index (χ0v) is 10.5. The van der Waals surface area contributed by atoms with E-state index in [0.717, 1.165) is 0 Å². The van der Waals surface area contributed by atoms with Gasteiger partial charge in [-0.25, -0.2) is 0 Å². The van der Waals surface area contributed by atoms with Gasteiger partial charge >= 0.3 is 0 Å². The number of aryl methyl sites for hydroxylation is 1. The van der Waals surface area contributed by atoms with Gasteiger partial charge in [-0.2, -0.15) is 0 Å². The molecule has 2 heteroatoms. The first-order valence-electron chi connectivity index (χ1n) is 5.26. The van der Waals surface area contributed by atoms with E-state index in [9.17, 15) is 0 Å². The van der Waals surface area contributed by atoms with Crippen LogP contribution >= 0.6 is 11.3 Å². The predicted molar refractivity (Wildman–Crippen MR) is 66.3 cm³/mol. The number of H-pyrrole nitrogens is 1. The Morgan fingerprint density at radius 2 is 1.86 bits per heavy atom. The zero-order valence-electron chi connectivity index (χ0n) is 9.64. The number of hydrogen-bond donors (Lipinski definition) is 1. The summed E-state index contributed by atoms with van der Waals surface area (Å²) in [6.45, 7) is 10.6. The van der Waals surface area contributed by atoms with Crippen molar-refractivity contribution < 1.29 is 0 Å². The number of rotatable bonds is 1. The van der Waals surface area contributed by atoms with E-state index in [2.05, 4.69) is 37.9 Å². The highest BCUT2D eigenvalue weighted by molar-refractivity contribution is 7.18. The molecule has 0 fully saturated rings. The third-order valence-electron chi connectivity index (χ3n) is 2.07. The Morgan fingerprint density at radius 1 is 1.21 bits per heavy atom. The van der Waals surface area contributed by atoms with Crippen molar-refractivity contribution >= 4 is 21.6 Å². The second kappa shape index (κ2) is 4.65. The van der Waals surface area contributed by atoms with Crippen LogP contribution in [0.5, 0.6) is 0 Å². The summed E-state index contributed by atoms with van der Waals surface area (Å²) in [5.74, 6) is 0.602. The molecule has 2 heterocycles. The van der Waals surface area contributed by atoms with Crippen LogP contribution in [0.25, 0.3) is 10.2 Å². The van der Waals surface area contributed by atoms with E-state index >= 15 is 0 Å². The third-order valence-corrected chi connectivity index (χ3v) is 3.07. The second-order valence-electron chi connectivity index (χ2n) is 3.51. The molecule has 2 aromatic heterocycles. The first-order valence-corrected chi connectivity index (χ1v) is 6.07. The van der Waals surface area contributed by atoms with Crippen LogP contribution in [0.3, 0.4) is 0 Å². The van der Waals surface area contributed by atoms with Gasteiger partial charge in [0.05, 0.1) is 10.2 Å². The molecule has 0 aromatic carbocycles. The molecule has 0 amide bonds. The van der Waals surface area contributed by atoms with Crippen LogP contribution < -0.4 is 0 Å². The van der Waals surface area contributed by atoms with Crippen LogP contribution in [0, 0.1) is 6.92 Å². The number of aromatic nitrogens is 1. The van der Waals surface area contributed by atoms with Crippen molar-refractivity contribution in [2.45, 2.75) is 40.5 Å². The lowest BCUT2D eigenvalue weighted by atomic mass is 10.1. The fraction of sp³-hybridized carbons (Fsp3) is 0.500. The van der Waals surface area contributed by atoms with Gasteiger partial charge in [0.25, 0.3) is 0 Å². The van der Waals surface area contributed by atoms with E-state index in [-0.39, 0.29) is 0 Å². The highest BCUT2D eigenvalue weighted by Gasteiger charge is 2.05. The SMILES string of the molecule is CC.Cc1cc2[nH]c(C(C)C)cc2s1. The first kappa shape index (κ1) is 11.3. The Balaban J connectivity index is 0.000000461. The molecule has 2 aromatic rings. The van der Waals surface area contributed by atoms with Crippen LogP contribution in [0.1, 0.15) is 44.2 Å².